The number of nitrogens with zero attached hydrogens (tertiary/aromatic N) is 3. The van der Waals surface area contributed by atoms with E-state index in [-0.39, 0.29) is 22.5 Å². The fraction of sp³-hybridized carbons (Fsp3) is 0. The second-order valence-corrected chi connectivity index (χ2v) is 3.98. The van der Waals surface area contributed by atoms with Crippen LogP contribution in [0.2, 0.25) is 0 Å². The van der Waals surface area contributed by atoms with Gasteiger partial charge in [-0.25, -0.2) is 9.02 Å². The molecule has 1 N–H and O–H groups in total. The highest BCUT2D eigenvalue weighted by molar-refractivity contribution is 5.94. The molecule has 7 nitrogen and oxygen atoms in total. The van der Waals surface area contributed by atoms with Gasteiger partial charge in [0.15, 0.2) is 5.52 Å². The Bertz CT molecular complexity index is 785. The summed E-state index contributed by atoms with van der Waals surface area (Å²) < 4.78 is 17.4. The lowest BCUT2D eigenvalue weighted by molar-refractivity contribution is -0.383. The van der Waals surface area contributed by atoms with Crippen LogP contribution in [0.5, 0.6) is 0 Å². The molecular weight excluding hydrogens is 267 g/mol. The monoisotopic (exact) mass is 274 g/mol. The minimum atomic E-state index is -0.561. The molecule has 0 radical (unpaired) electrons. The van der Waals surface area contributed by atoms with Crippen molar-refractivity contribution in [3.05, 3.63) is 52.3 Å². The molecule has 0 saturated carbocycles. The fourth-order valence-corrected chi connectivity index (χ4v) is 1.79. The Kier molecular flexibility index (Phi) is 2.75. The van der Waals surface area contributed by atoms with Crippen LogP contribution in [0.4, 0.5) is 21.5 Å². The van der Waals surface area contributed by atoms with Crippen molar-refractivity contribution in [1.82, 2.24) is 10.3 Å². The van der Waals surface area contributed by atoms with Gasteiger partial charge in [0.2, 0.25) is 5.52 Å². The summed E-state index contributed by atoms with van der Waals surface area (Å²) in [5.74, 6) is -0.354. The third-order valence-electron chi connectivity index (χ3n) is 2.71. The Morgan fingerprint density at radius 2 is 1.80 bits per heavy atom. The van der Waals surface area contributed by atoms with Crippen LogP contribution < -0.4 is 5.32 Å². The van der Waals surface area contributed by atoms with Crippen molar-refractivity contribution in [3.63, 3.8) is 0 Å². The lowest BCUT2D eigenvalue weighted by Gasteiger charge is -2.06. The molecule has 8 heteroatoms. The van der Waals surface area contributed by atoms with Crippen LogP contribution in [0.3, 0.4) is 0 Å². The predicted octanol–water partition coefficient (Wildman–Crippen LogP) is 3.01. The number of aromatic nitrogens is 2. The van der Waals surface area contributed by atoms with Gasteiger partial charge in [0.1, 0.15) is 5.82 Å². The SMILES string of the molecule is O=[N+]([O-])c1ccc(Nc2ccc(F)cc2)c2nonc12. The average molecular weight is 274 g/mol. The Morgan fingerprint density at radius 1 is 1.10 bits per heavy atom. The summed E-state index contributed by atoms with van der Waals surface area (Å²) in [5, 5.41) is 21.0. The summed E-state index contributed by atoms with van der Waals surface area (Å²) >= 11 is 0. The third kappa shape index (κ3) is 2.03. The van der Waals surface area contributed by atoms with E-state index in [1.807, 2.05) is 0 Å². The van der Waals surface area contributed by atoms with Gasteiger partial charge in [-0.15, -0.1) is 0 Å². The molecule has 3 rings (SSSR count). The summed E-state index contributed by atoms with van der Waals surface area (Å²) in [6, 6.07) is 8.47. The molecule has 0 spiro atoms. The Labute approximate surface area is 111 Å². The molecule has 0 amide bonds. The van der Waals surface area contributed by atoms with Crippen LogP contribution in [0, 0.1) is 15.9 Å². The topological polar surface area (TPSA) is 94.1 Å². The largest absolute Gasteiger partial charge is 0.354 e. The molecule has 20 heavy (non-hydrogen) atoms. The maximum Gasteiger partial charge on any atom is 0.300 e. The van der Waals surface area contributed by atoms with E-state index in [1.165, 1.54) is 36.4 Å². The van der Waals surface area contributed by atoms with E-state index in [0.717, 1.165) is 0 Å². The van der Waals surface area contributed by atoms with E-state index in [1.54, 1.807) is 0 Å². The maximum atomic E-state index is 12.8. The molecule has 0 aliphatic rings. The molecule has 100 valence electrons. The Morgan fingerprint density at radius 3 is 2.50 bits per heavy atom. The van der Waals surface area contributed by atoms with Gasteiger partial charge < -0.3 is 5.32 Å². The smallest absolute Gasteiger partial charge is 0.300 e. The van der Waals surface area contributed by atoms with Gasteiger partial charge in [-0.3, -0.25) is 10.1 Å². The van der Waals surface area contributed by atoms with Crippen LogP contribution in [0.15, 0.2) is 41.0 Å². The normalized spacial score (nSPS) is 10.7. The first-order chi connectivity index (χ1) is 9.65. The Balaban J connectivity index is 2.04. The quantitative estimate of drug-likeness (QED) is 0.582. The number of nitro benzene ring substituents is 1. The number of fused-ring (bicyclic) bond motifs is 1. The van der Waals surface area contributed by atoms with E-state index in [9.17, 15) is 14.5 Å². The van der Waals surface area contributed by atoms with Gasteiger partial charge >= 0.3 is 5.69 Å². The average Bonchev–Trinajstić information content (AvgIpc) is 2.91. The molecule has 0 saturated heterocycles. The van der Waals surface area contributed by atoms with E-state index in [2.05, 4.69) is 20.3 Å². The van der Waals surface area contributed by atoms with E-state index in [0.29, 0.717) is 11.4 Å². The second-order valence-electron chi connectivity index (χ2n) is 3.98. The second kappa shape index (κ2) is 4.57. The van der Waals surface area contributed by atoms with E-state index < -0.39 is 4.92 Å². The van der Waals surface area contributed by atoms with E-state index in [4.69, 9.17) is 0 Å². The molecule has 0 aliphatic heterocycles. The summed E-state index contributed by atoms with van der Waals surface area (Å²) in [6.45, 7) is 0. The van der Waals surface area contributed by atoms with Gasteiger partial charge in [-0.05, 0) is 40.6 Å². The van der Waals surface area contributed by atoms with Crippen LogP contribution in [-0.2, 0) is 0 Å². The summed E-state index contributed by atoms with van der Waals surface area (Å²) in [6.07, 6.45) is 0. The van der Waals surface area contributed by atoms with Gasteiger partial charge in [-0.2, -0.15) is 0 Å². The maximum absolute atomic E-state index is 12.8. The van der Waals surface area contributed by atoms with Crippen molar-refractivity contribution in [2.45, 2.75) is 0 Å². The predicted molar refractivity (Wildman–Crippen MR) is 68.1 cm³/mol. The number of nitro groups is 1. The molecule has 3 aromatic rings. The first-order valence-electron chi connectivity index (χ1n) is 5.57. The van der Waals surface area contributed by atoms with Crippen molar-refractivity contribution >= 4 is 28.1 Å². The van der Waals surface area contributed by atoms with Crippen molar-refractivity contribution in [1.29, 1.82) is 0 Å². The number of nitrogens with one attached hydrogen (secondary N) is 1. The third-order valence-corrected chi connectivity index (χ3v) is 2.71. The highest BCUT2D eigenvalue weighted by atomic mass is 19.1. The first-order valence-corrected chi connectivity index (χ1v) is 5.57. The van der Waals surface area contributed by atoms with Gasteiger partial charge in [-0.1, -0.05) is 0 Å². The van der Waals surface area contributed by atoms with Gasteiger partial charge in [0.05, 0.1) is 10.6 Å². The molecule has 0 aliphatic carbocycles. The minimum absolute atomic E-state index is 0.0575. The van der Waals surface area contributed by atoms with Crippen molar-refractivity contribution in [2.75, 3.05) is 5.32 Å². The van der Waals surface area contributed by atoms with Crippen LogP contribution in [-0.4, -0.2) is 15.2 Å². The number of rotatable bonds is 3. The summed E-state index contributed by atoms with van der Waals surface area (Å²) in [7, 11) is 0. The van der Waals surface area contributed by atoms with Crippen molar-refractivity contribution in [2.24, 2.45) is 0 Å². The molecule has 2 aromatic carbocycles. The number of anilines is 2. The minimum Gasteiger partial charge on any atom is -0.354 e. The molecule has 1 aromatic heterocycles. The highest BCUT2D eigenvalue weighted by Gasteiger charge is 2.19. The standard InChI is InChI=1S/C12H7FN4O3/c13-7-1-3-8(4-2-7)14-9-5-6-10(17(18)19)12-11(9)15-20-16-12/h1-6,14H. The number of hydrogen-bond acceptors (Lipinski definition) is 6. The van der Waals surface area contributed by atoms with Gasteiger partial charge in [0.25, 0.3) is 0 Å². The molecule has 1 heterocycles. The Hall–Kier alpha value is -3.03. The number of hydrogen-bond donors (Lipinski definition) is 1. The van der Waals surface area contributed by atoms with Crippen molar-refractivity contribution in [3.8, 4) is 0 Å². The van der Waals surface area contributed by atoms with Crippen molar-refractivity contribution < 1.29 is 13.9 Å². The van der Waals surface area contributed by atoms with E-state index >= 15 is 0 Å². The fourth-order valence-electron chi connectivity index (χ4n) is 1.79. The molecule has 0 fully saturated rings. The molecule has 0 unspecified atom stereocenters. The summed E-state index contributed by atoms with van der Waals surface area (Å²) in [4.78, 5) is 10.3. The summed E-state index contributed by atoms with van der Waals surface area (Å²) in [5.41, 5.74) is 1.21. The first kappa shape index (κ1) is 12.0. The lowest BCUT2D eigenvalue weighted by Crippen LogP contribution is -1.94. The zero-order chi connectivity index (χ0) is 14.1. The van der Waals surface area contributed by atoms with Gasteiger partial charge in [0, 0.05) is 11.8 Å². The highest BCUT2D eigenvalue weighted by Crippen LogP contribution is 2.30. The van der Waals surface area contributed by atoms with Crippen LogP contribution in [0.1, 0.15) is 0 Å². The van der Waals surface area contributed by atoms with Crippen LogP contribution >= 0.6 is 0 Å². The lowest BCUT2D eigenvalue weighted by atomic mass is 10.2. The number of benzene rings is 2. The molecule has 0 bridgehead atoms. The molecular formula is C12H7FN4O3. The zero-order valence-corrected chi connectivity index (χ0v) is 9.91. The zero-order valence-electron chi connectivity index (χ0n) is 9.91. The number of non-ortho nitro benzene ring substituents is 1. The molecule has 0 atom stereocenters. The number of halogens is 1. The van der Waals surface area contributed by atoms with Crippen LogP contribution in [0.25, 0.3) is 11.0 Å².